The summed E-state index contributed by atoms with van der Waals surface area (Å²) in [5.74, 6) is 1.37. The third-order valence-electron chi connectivity index (χ3n) is 5.76. The SMILES string of the molecule is CCOc1cc2c(cc1OCC)CN(C(=O)c1ccc(OC)c(S(=O)(=O)NC3CC3)c1)CC2. The van der Waals surface area contributed by atoms with Gasteiger partial charge in [0.25, 0.3) is 5.91 Å². The van der Waals surface area contributed by atoms with Crippen molar-refractivity contribution in [1.82, 2.24) is 9.62 Å². The second-order valence-electron chi connectivity index (χ2n) is 8.17. The zero-order valence-corrected chi connectivity index (χ0v) is 20.0. The number of fused-ring (bicyclic) bond motifs is 1. The van der Waals surface area contributed by atoms with E-state index >= 15 is 0 Å². The summed E-state index contributed by atoms with van der Waals surface area (Å²) < 4.78 is 45.0. The van der Waals surface area contributed by atoms with Gasteiger partial charge < -0.3 is 19.1 Å². The summed E-state index contributed by atoms with van der Waals surface area (Å²) in [5.41, 5.74) is 2.43. The van der Waals surface area contributed by atoms with Crippen LogP contribution in [-0.2, 0) is 23.0 Å². The van der Waals surface area contributed by atoms with E-state index in [2.05, 4.69) is 4.72 Å². The molecule has 0 radical (unpaired) electrons. The average molecular weight is 475 g/mol. The first kappa shape index (κ1) is 23.4. The van der Waals surface area contributed by atoms with E-state index in [0.29, 0.717) is 49.8 Å². The molecule has 0 saturated heterocycles. The molecule has 2 aromatic rings. The van der Waals surface area contributed by atoms with E-state index in [4.69, 9.17) is 14.2 Å². The summed E-state index contributed by atoms with van der Waals surface area (Å²) in [5, 5.41) is 0. The van der Waals surface area contributed by atoms with Crippen LogP contribution in [0.15, 0.2) is 35.2 Å². The van der Waals surface area contributed by atoms with E-state index in [9.17, 15) is 13.2 Å². The number of carbonyl (C=O) groups excluding carboxylic acids is 1. The Morgan fingerprint density at radius 3 is 2.30 bits per heavy atom. The fourth-order valence-electron chi connectivity index (χ4n) is 3.96. The van der Waals surface area contributed by atoms with E-state index < -0.39 is 10.0 Å². The van der Waals surface area contributed by atoms with Crippen LogP contribution >= 0.6 is 0 Å². The van der Waals surface area contributed by atoms with Crippen LogP contribution in [0.4, 0.5) is 0 Å². The molecule has 1 N–H and O–H groups in total. The van der Waals surface area contributed by atoms with Gasteiger partial charge in [0.2, 0.25) is 10.0 Å². The van der Waals surface area contributed by atoms with Crippen molar-refractivity contribution in [2.24, 2.45) is 0 Å². The van der Waals surface area contributed by atoms with Crippen molar-refractivity contribution in [3.63, 3.8) is 0 Å². The van der Waals surface area contributed by atoms with Gasteiger partial charge in [-0.05, 0) is 74.6 Å². The van der Waals surface area contributed by atoms with Crippen molar-refractivity contribution in [1.29, 1.82) is 0 Å². The molecule has 8 nitrogen and oxygen atoms in total. The summed E-state index contributed by atoms with van der Waals surface area (Å²) >= 11 is 0. The fraction of sp³-hybridized carbons (Fsp3) is 0.458. The number of hydrogen-bond acceptors (Lipinski definition) is 6. The lowest BCUT2D eigenvalue weighted by atomic mass is 9.98. The molecule has 2 aromatic carbocycles. The van der Waals surface area contributed by atoms with Crippen LogP contribution in [0, 0.1) is 0 Å². The first-order valence-corrected chi connectivity index (χ1v) is 12.8. The zero-order chi connectivity index (χ0) is 23.6. The van der Waals surface area contributed by atoms with Gasteiger partial charge in [-0.2, -0.15) is 0 Å². The monoisotopic (exact) mass is 474 g/mol. The minimum absolute atomic E-state index is 0.0138. The Balaban J connectivity index is 1.59. The quantitative estimate of drug-likeness (QED) is 0.600. The van der Waals surface area contributed by atoms with Crippen molar-refractivity contribution in [2.75, 3.05) is 26.9 Å². The number of benzene rings is 2. The van der Waals surface area contributed by atoms with Crippen LogP contribution in [-0.4, -0.2) is 52.1 Å². The number of rotatable bonds is 9. The Morgan fingerprint density at radius 2 is 1.70 bits per heavy atom. The molecule has 33 heavy (non-hydrogen) atoms. The predicted octanol–water partition coefficient (Wildman–Crippen LogP) is 3.13. The molecular weight excluding hydrogens is 444 g/mol. The molecule has 9 heteroatoms. The van der Waals surface area contributed by atoms with Gasteiger partial charge in [-0.1, -0.05) is 0 Å². The number of carbonyl (C=O) groups is 1. The number of ether oxygens (including phenoxy) is 3. The Morgan fingerprint density at radius 1 is 1.03 bits per heavy atom. The van der Waals surface area contributed by atoms with Gasteiger partial charge in [-0.25, -0.2) is 13.1 Å². The molecule has 0 atom stereocenters. The summed E-state index contributed by atoms with van der Waals surface area (Å²) in [6.45, 7) is 5.84. The first-order chi connectivity index (χ1) is 15.9. The minimum Gasteiger partial charge on any atom is -0.495 e. The normalized spacial score (nSPS) is 15.7. The van der Waals surface area contributed by atoms with Crippen molar-refractivity contribution >= 4 is 15.9 Å². The third-order valence-corrected chi connectivity index (χ3v) is 7.31. The van der Waals surface area contributed by atoms with Gasteiger partial charge in [0.05, 0.1) is 20.3 Å². The van der Waals surface area contributed by atoms with Crippen LogP contribution in [0.3, 0.4) is 0 Å². The van der Waals surface area contributed by atoms with E-state index in [1.54, 1.807) is 11.0 Å². The standard InChI is InChI=1S/C24H30N2O6S/c1-4-31-21-12-16-10-11-26(15-18(16)13-22(21)32-5-2)24(27)17-6-9-20(30-3)23(14-17)33(28,29)25-19-7-8-19/h6,9,12-14,19,25H,4-5,7-8,10-11,15H2,1-3H3. The summed E-state index contributed by atoms with van der Waals surface area (Å²) in [6, 6.07) is 8.44. The van der Waals surface area contributed by atoms with Crippen molar-refractivity contribution in [2.45, 2.75) is 50.6 Å². The predicted molar refractivity (Wildman–Crippen MR) is 124 cm³/mol. The molecule has 2 aliphatic rings. The van der Waals surface area contributed by atoms with Gasteiger partial charge >= 0.3 is 0 Å². The van der Waals surface area contributed by atoms with Gasteiger partial charge in [0, 0.05) is 24.7 Å². The van der Waals surface area contributed by atoms with Gasteiger partial charge in [0.15, 0.2) is 11.5 Å². The molecule has 1 aliphatic carbocycles. The molecule has 0 aromatic heterocycles. The molecule has 1 aliphatic heterocycles. The van der Waals surface area contributed by atoms with Gasteiger partial charge in [-0.15, -0.1) is 0 Å². The Hall–Kier alpha value is -2.78. The zero-order valence-electron chi connectivity index (χ0n) is 19.2. The molecule has 1 heterocycles. The molecule has 1 saturated carbocycles. The highest BCUT2D eigenvalue weighted by Crippen LogP contribution is 2.35. The first-order valence-electron chi connectivity index (χ1n) is 11.3. The number of hydrogen-bond donors (Lipinski definition) is 1. The van der Waals surface area contributed by atoms with Crippen molar-refractivity contribution < 1.29 is 27.4 Å². The van der Waals surface area contributed by atoms with Crippen molar-refractivity contribution in [3.05, 3.63) is 47.0 Å². The molecule has 1 amide bonds. The Bertz CT molecular complexity index is 1140. The number of amides is 1. The highest BCUT2D eigenvalue weighted by atomic mass is 32.2. The molecule has 1 fully saturated rings. The molecule has 4 rings (SSSR count). The maximum atomic E-state index is 13.3. The molecule has 0 spiro atoms. The summed E-state index contributed by atoms with van der Waals surface area (Å²) in [7, 11) is -2.36. The summed E-state index contributed by atoms with van der Waals surface area (Å²) in [4.78, 5) is 15.0. The lowest BCUT2D eigenvalue weighted by Crippen LogP contribution is -2.36. The van der Waals surface area contributed by atoms with E-state index in [1.165, 1.54) is 19.2 Å². The van der Waals surface area contributed by atoms with Gasteiger partial charge in [0.1, 0.15) is 10.6 Å². The van der Waals surface area contributed by atoms with Crippen LogP contribution in [0.5, 0.6) is 17.2 Å². The second-order valence-corrected chi connectivity index (χ2v) is 9.85. The largest absolute Gasteiger partial charge is 0.495 e. The van der Waals surface area contributed by atoms with E-state index in [1.807, 2.05) is 26.0 Å². The number of nitrogens with one attached hydrogen (secondary N) is 1. The topological polar surface area (TPSA) is 94.2 Å². The Labute approximate surface area is 194 Å². The maximum absolute atomic E-state index is 13.3. The van der Waals surface area contributed by atoms with Gasteiger partial charge in [-0.3, -0.25) is 4.79 Å². The van der Waals surface area contributed by atoms with Crippen LogP contribution in [0.25, 0.3) is 0 Å². The fourth-order valence-corrected chi connectivity index (χ4v) is 5.46. The average Bonchev–Trinajstić information content (AvgIpc) is 3.62. The molecule has 0 unspecified atom stereocenters. The number of sulfonamides is 1. The third kappa shape index (κ3) is 5.09. The highest BCUT2D eigenvalue weighted by Gasteiger charge is 2.31. The smallest absolute Gasteiger partial charge is 0.254 e. The van der Waals surface area contributed by atoms with Crippen LogP contribution in [0.1, 0.15) is 48.2 Å². The second kappa shape index (κ2) is 9.61. The number of nitrogens with zero attached hydrogens (tertiary/aromatic N) is 1. The van der Waals surface area contributed by atoms with Crippen LogP contribution in [0.2, 0.25) is 0 Å². The molecule has 178 valence electrons. The Kier molecular flexibility index (Phi) is 6.81. The van der Waals surface area contributed by atoms with Crippen molar-refractivity contribution in [3.8, 4) is 17.2 Å². The maximum Gasteiger partial charge on any atom is 0.254 e. The van der Waals surface area contributed by atoms with E-state index in [-0.39, 0.29) is 22.6 Å². The molecule has 0 bridgehead atoms. The van der Waals surface area contributed by atoms with E-state index in [0.717, 1.165) is 24.0 Å². The highest BCUT2D eigenvalue weighted by molar-refractivity contribution is 7.89. The van der Waals surface area contributed by atoms with Crippen LogP contribution < -0.4 is 18.9 Å². The molecular formula is C24H30N2O6S. The lowest BCUT2D eigenvalue weighted by molar-refractivity contribution is 0.0734. The number of methoxy groups -OCH3 is 1. The minimum atomic E-state index is -3.77. The summed E-state index contributed by atoms with van der Waals surface area (Å²) in [6.07, 6.45) is 2.32. The lowest BCUT2D eigenvalue weighted by Gasteiger charge is -2.30.